The number of fused-ring (bicyclic) bond motifs is 1. The molecule has 0 aliphatic rings. The van der Waals surface area contributed by atoms with Gasteiger partial charge in [0.25, 0.3) is 0 Å². The van der Waals surface area contributed by atoms with Gasteiger partial charge in [-0.15, -0.1) is 5.10 Å². The average molecular weight is 520 g/mol. The number of carboxylic acids is 1. The van der Waals surface area contributed by atoms with Crippen LogP contribution in [0.25, 0.3) is 22.2 Å². The third-order valence-electron chi connectivity index (χ3n) is 7.86. The zero-order chi connectivity index (χ0) is 27.7. The minimum absolute atomic E-state index is 0.00636. The summed E-state index contributed by atoms with van der Waals surface area (Å²) in [7, 11) is 1.86. The molecule has 1 aromatic heterocycles. The fraction of sp³-hybridized carbons (Fsp3) is 0.242. The largest absolute Gasteiger partial charge is 0.481 e. The van der Waals surface area contributed by atoms with Gasteiger partial charge in [0, 0.05) is 13.0 Å². The molecule has 0 spiro atoms. The van der Waals surface area contributed by atoms with Crippen LogP contribution in [0.15, 0.2) is 78.9 Å². The van der Waals surface area contributed by atoms with E-state index in [0.29, 0.717) is 6.42 Å². The fourth-order valence-corrected chi connectivity index (χ4v) is 5.64. The lowest BCUT2D eigenvalue weighted by atomic mass is 9.75. The van der Waals surface area contributed by atoms with Crippen LogP contribution in [-0.2, 0) is 24.9 Å². The van der Waals surface area contributed by atoms with Gasteiger partial charge in [0.1, 0.15) is 5.52 Å². The Labute approximate surface area is 228 Å². The Bertz CT molecular complexity index is 1660. The molecule has 0 bridgehead atoms. The predicted octanol–water partition coefficient (Wildman–Crippen LogP) is 6.19. The number of aliphatic hydroxyl groups excluding tert-OH is 1. The summed E-state index contributed by atoms with van der Waals surface area (Å²) in [5.41, 5.74) is 10.8. The standard InChI is InChI=1S/C33H33N3O3/c1-20-13-14-23(18-26(20)19-37)17-25-11-8-12-28(31(25)24-9-6-5-7-10-24)30(22(3)33(38)39)27-15-16-29-32(21(27)2)34-35-36(29)4/h5-16,18,22,30,37H,17,19H2,1-4H3,(H,38,39)/t22-,30-/m0/s1. The normalized spacial score (nSPS) is 12.9. The summed E-state index contributed by atoms with van der Waals surface area (Å²) in [5.74, 6) is -1.94. The van der Waals surface area contributed by atoms with Gasteiger partial charge in [0.2, 0.25) is 0 Å². The van der Waals surface area contributed by atoms with Crippen molar-refractivity contribution < 1.29 is 15.0 Å². The van der Waals surface area contributed by atoms with E-state index in [4.69, 9.17) is 0 Å². The van der Waals surface area contributed by atoms with E-state index in [1.165, 1.54) is 0 Å². The number of hydrogen-bond acceptors (Lipinski definition) is 4. The molecule has 0 amide bonds. The summed E-state index contributed by atoms with van der Waals surface area (Å²) in [6.07, 6.45) is 0.654. The number of carboxylic acid groups (broad SMARTS) is 1. The van der Waals surface area contributed by atoms with Crippen molar-refractivity contribution in [1.29, 1.82) is 0 Å². The van der Waals surface area contributed by atoms with Crippen LogP contribution >= 0.6 is 0 Å². The molecule has 0 fully saturated rings. The third kappa shape index (κ3) is 4.95. The molecule has 0 aliphatic carbocycles. The second-order valence-electron chi connectivity index (χ2n) is 10.3. The van der Waals surface area contributed by atoms with Gasteiger partial charge in [-0.2, -0.15) is 0 Å². The Morgan fingerprint density at radius 1 is 0.923 bits per heavy atom. The molecular weight excluding hydrogens is 486 g/mol. The van der Waals surface area contributed by atoms with Gasteiger partial charge in [-0.25, -0.2) is 4.68 Å². The summed E-state index contributed by atoms with van der Waals surface area (Å²) < 4.78 is 1.74. The first-order valence-corrected chi connectivity index (χ1v) is 13.2. The highest BCUT2D eigenvalue weighted by molar-refractivity contribution is 5.82. The van der Waals surface area contributed by atoms with Crippen LogP contribution in [0.3, 0.4) is 0 Å². The Hall–Kier alpha value is -4.29. The number of rotatable bonds is 8. The number of nitrogens with zero attached hydrogens (tertiary/aromatic N) is 3. The topological polar surface area (TPSA) is 88.2 Å². The molecule has 0 unspecified atom stereocenters. The number of carbonyl (C=O) groups is 1. The molecule has 5 rings (SSSR count). The number of hydrogen-bond donors (Lipinski definition) is 2. The summed E-state index contributed by atoms with van der Waals surface area (Å²) in [4.78, 5) is 12.5. The van der Waals surface area contributed by atoms with Crippen LogP contribution in [-0.4, -0.2) is 31.2 Å². The van der Waals surface area contributed by atoms with Gasteiger partial charge >= 0.3 is 5.97 Å². The molecule has 0 saturated carbocycles. The first-order valence-electron chi connectivity index (χ1n) is 13.2. The van der Waals surface area contributed by atoms with E-state index in [1.807, 2.05) is 63.4 Å². The van der Waals surface area contributed by atoms with Crippen LogP contribution in [0.5, 0.6) is 0 Å². The minimum Gasteiger partial charge on any atom is -0.481 e. The first kappa shape index (κ1) is 26.3. The maximum atomic E-state index is 12.5. The maximum absolute atomic E-state index is 12.5. The highest BCUT2D eigenvalue weighted by Crippen LogP contribution is 2.42. The zero-order valence-electron chi connectivity index (χ0n) is 22.7. The van der Waals surface area contributed by atoms with Crippen LogP contribution in [0.2, 0.25) is 0 Å². The molecule has 0 saturated heterocycles. The highest BCUT2D eigenvalue weighted by atomic mass is 16.4. The van der Waals surface area contributed by atoms with E-state index in [2.05, 4.69) is 46.7 Å². The van der Waals surface area contributed by atoms with Crippen molar-refractivity contribution in [3.05, 3.63) is 118 Å². The molecule has 6 heteroatoms. The van der Waals surface area contributed by atoms with E-state index in [1.54, 1.807) is 11.6 Å². The summed E-state index contributed by atoms with van der Waals surface area (Å²) >= 11 is 0. The first-order chi connectivity index (χ1) is 18.8. The Kier molecular flexibility index (Phi) is 7.31. The molecule has 39 heavy (non-hydrogen) atoms. The predicted molar refractivity (Wildman–Crippen MR) is 154 cm³/mol. The lowest BCUT2D eigenvalue weighted by Crippen LogP contribution is -2.22. The molecule has 1 heterocycles. The van der Waals surface area contributed by atoms with Gasteiger partial charge in [-0.3, -0.25) is 4.79 Å². The molecule has 6 nitrogen and oxygen atoms in total. The van der Waals surface area contributed by atoms with Crippen molar-refractivity contribution in [2.45, 2.75) is 39.7 Å². The summed E-state index contributed by atoms with van der Waals surface area (Å²) in [6, 6.07) is 26.6. The quantitative estimate of drug-likeness (QED) is 0.255. The van der Waals surface area contributed by atoms with E-state index in [-0.39, 0.29) is 6.61 Å². The second kappa shape index (κ2) is 10.8. The van der Waals surface area contributed by atoms with Crippen LogP contribution in [0.4, 0.5) is 0 Å². The number of benzene rings is 4. The second-order valence-corrected chi connectivity index (χ2v) is 10.3. The SMILES string of the molecule is Cc1ccc(Cc2cccc([C@H](c3ccc4c(nnn4C)c3C)[C@H](C)C(=O)O)c2-c2ccccc2)cc1CO. The highest BCUT2D eigenvalue weighted by Gasteiger charge is 2.32. The van der Waals surface area contributed by atoms with Crippen molar-refractivity contribution in [1.82, 2.24) is 15.0 Å². The van der Waals surface area contributed by atoms with Crippen LogP contribution < -0.4 is 0 Å². The Morgan fingerprint density at radius 2 is 1.69 bits per heavy atom. The molecule has 5 aromatic rings. The maximum Gasteiger partial charge on any atom is 0.307 e. The molecule has 2 atom stereocenters. The van der Waals surface area contributed by atoms with E-state index in [9.17, 15) is 15.0 Å². The van der Waals surface area contributed by atoms with Crippen molar-refractivity contribution >= 4 is 17.0 Å². The Morgan fingerprint density at radius 3 is 2.41 bits per heavy atom. The van der Waals surface area contributed by atoms with E-state index in [0.717, 1.165) is 61.1 Å². The van der Waals surface area contributed by atoms with Gasteiger partial charge in [0.05, 0.1) is 18.0 Å². The van der Waals surface area contributed by atoms with E-state index >= 15 is 0 Å². The molecule has 2 N–H and O–H groups in total. The van der Waals surface area contributed by atoms with Gasteiger partial charge in [0.15, 0.2) is 0 Å². The van der Waals surface area contributed by atoms with Crippen LogP contribution in [0.1, 0.15) is 51.8 Å². The smallest absolute Gasteiger partial charge is 0.307 e. The number of aliphatic hydroxyl groups is 1. The summed E-state index contributed by atoms with van der Waals surface area (Å²) in [6.45, 7) is 5.78. The van der Waals surface area contributed by atoms with E-state index < -0.39 is 17.8 Å². The number of aryl methyl sites for hydroxylation is 3. The van der Waals surface area contributed by atoms with Crippen molar-refractivity contribution in [3.63, 3.8) is 0 Å². The van der Waals surface area contributed by atoms with Crippen molar-refractivity contribution in [2.75, 3.05) is 0 Å². The number of aromatic nitrogens is 3. The lowest BCUT2D eigenvalue weighted by Gasteiger charge is -2.28. The molecule has 0 aliphatic heterocycles. The summed E-state index contributed by atoms with van der Waals surface area (Å²) in [5, 5.41) is 28.7. The van der Waals surface area contributed by atoms with Gasteiger partial charge in [-0.1, -0.05) is 84.9 Å². The van der Waals surface area contributed by atoms with Crippen molar-refractivity contribution in [3.8, 4) is 11.1 Å². The molecule has 0 radical (unpaired) electrons. The third-order valence-corrected chi connectivity index (χ3v) is 7.86. The van der Waals surface area contributed by atoms with Gasteiger partial charge < -0.3 is 10.2 Å². The van der Waals surface area contributed by atoms with Gasteiger partial charge in [-0.05, 0) is 76.4 Å². The zero-order valence-corrected chi connectivity index (χ0v) is 22.7. The molecule has 198 valence electrons. The van der Waals surface area contributed by atoms with Crippen LogP contribution in [0, 0.1) is 19.8 Å². The fourth-order valence-electron chi connectivity index (χ4n) is 5.64. The number of aliphatic carboxylic acids is 1. The molecular formula is C33H33N3O3. The Balaban J connectivity index is 1.75. The molecule has 4 aromatic carbocycles. The van der Waals surface area contributed by atoms with Crippen molar-refractivity contribution in [2.24, 2.45) is 13.0 Å². The average Bonchev–Trinajstić information content (AvgIpc) is 3.32. The minimum atomic E-state index is -0.853. The lowest BCUT2D eigenvalue weighted by molar-refractivity contribution is -0.141. The monoisotopic (exact) mass is 519 g/mol.